The van der Waals surface area contributed by atoms with Crippen molar-refractivity contribution in [2.45, 2.75) is 13.3 Å². The molecule has 0 fully saturated rings. The monoisotopic (exact) mass is 331 g/mol. The molecule has 0 aliphatic rings. The summed E-state index contributed by atoms with van der Waals surface area (Å²) in [5.74, 6) is -0.159. The fourth-order valence-corrected chi connectivity index (χ4v) is 2.28. The molecule has 5 nitrogen and oxygen atoms in total. The zero-order chi connectivity index (χ0) is 16.7. The van der Waals surface area contributed by atoms with Gasteiger partial charge in [-0.1, -0.05) is 29.8 Å². The standard InChI is InChI=1S/C17H18ClN3O2/c1-12(22)20-15-6-3-7-16(11-15)21-17(23)19-9-8-13-4-2-5-14(18)10-13/h2-7,10-11H,8-9H2,1H3,(H,20,22)(H2,19,21,23). The minimum atomic E-state index is -0.299. The maximum Gasteiger partial charge on any atom is 0.319 e. The predicted molar refractivity (Wildman–Crippen MR) is 92.9 cm³/mol. The number of rotatable bonds is 5. The summed E-state index contributed by atoms with van der Waals surface area (Å²) in [7, 11) is 0. The van der Waals surface area contributed by atoms with Crippen molar-refractivity contribution in [3.63, 3.8) is 0 Å². The van der Waals surface area contributed by atoms with Crippen LogP contribution >= 0.6 is 11.6 Å². The lowest BCUT2D eigenvalue weighted by molar-refractivity contribution is -0.114. The van der Waals surface area contributed by atoms with E-state index in [1.54, 1.807) is 24.3 Å². The third-order valence-electron chi connectivity index (χ3n) is 3.03. The Bertz CT molecular complexity index is 704. The number of benzene rings is 2. The van der Waals surface area contributed by atoms with Crippen LogP contribution in [0, 0.1) is 0 Å². The molecule has 0 bridgehead atoms. The van der Waals surface area contributed by atoms with Crippen molar-refractivity contribution >= 4 is 34.9 Å². The van der Waals surface area contributed by atoms with E-state index in [-0.39, 0.29) is 11.9 Å². The second-order valence-electron chi connectivity index (χ2n) is 5.02. The lowest BCUT2D eigenvalue weighted by Gasteiger charge is -2.09. The van der Waals surface area contributed by atoms with Gasteiger partial charge < -0.3 is 16.0 Å². The van der Waals surface area contributed by atoms with Crippen LogP contribution in [0.1, 0.15) is 12.5 Å². The first-order chi connectivity index (χ1) is 11.0. The molecule has 3 amide bonds. The van der Waals surface area contributed by atoms with E-state index >= 15 is 0 Å². The smallest absolute Gasteiger partial charge is 0.319 e. The van der Waals surface area contributed by atoms with Crippen molar-refractivity contribution in [2.24, 2.45) is 0 Å². The molecule has 0 spiro atoms. The molecule has 0 heterocycles. The van der Waals surface area contributed by atoms with Gasteiger partial charge in [-0.15, -0.1) is 0 Å². The normalized spacial score (nSPS) is 10.0. The summed E-state index contributed by atoms with van der Waals surface area (Å²) in [6.07, 6.45) is 0.694. The van der Waals surface area contributed by atoms with E-state index in [0.717, 1.165) is 5.56 Å². The molecule has 0 aromatic heterocycles. The van der Waals surface area contributed by atoms with Crippen LogP contribution in [0.3, 0.4) is 0 Å². The van der Waals surface area contributed by atoms with E-state index in [1.807, 2.05) is 24.3 Å². The Kier molecular flexibility index (Phi) is 6.00. The van der Waals surface area contributed by atoms with Gasteiger partial charge in [-0.2, -0.15) is 0 Å². The highest BCUT2D eigenvalue weighted by Crippen LogP contribution is 2.15. The highest BCUT2D eigenvalue weighted by molar-refractivity contribution is 6.30. The molecule has 3 N–H and O–H groups in total. The Labute approximate surface area is 140 Å². The summed E-state index contributed by atoms with van der Waals surface area (Å²) >= 11 is 5.91. The number of hydrogen-bond donors (Lipinski definition) is 3. The van der Waals surface area contributed by atoms with Gasteiger partial charge >= 0.3 is 6.03 Å². The molecular formula is C17H18ClN3O2. The maximum absolute atomic E-state index is 11.9. The van der Waals surface area contributed by atoms with E-state index in [1.165, 1.54) is 6.92 Å². The van der Waals surface area contributed by atoms with E-state index in [0.29, 0.717) is 29.4 Å². The molecule has 6 heteroatoms. The van der Waals surface area contributed by atoms with Crippen LogP contribution in [0.15, 0.2) is 48.5 Å². The van der Waals surface area contributed by atoms with Crippen LogP contribution in [0.5, 0.6) is 0 Å². The molecule has 0 radical (unpaired) electrons. The van der Waals surface area contributed by atoms with Gasteiger partial charge in [0.2, 0.25) is 5.91 Å². The number of halogens is 1. The average Bonchev–Trinajstić information content (AvgIpc) is 2.47. The molecule has 23 heavy (non-hydrogen) atoms. The van der Waals surface area contributed by atoms with Crippen molar-refractivity contribution in [1.29, 1.82) is 0 Å². The highest BCUT2D eigenvalue weighted by atomic mass is 35.5. The van der Waals surface area contributed by atoms with Gasteiger partial charge in [-0.25, -0.2) is 4.79 Å². The fourth-order valence-electron chi connectivity index (χ4n) is 2.07. The quantitative estimate of drug-likeness (QED) is 0.782. The molecule has 2 aromatic carbocycles. The number of hydrogen-bond acceptors (Lipinski definition) is 2. The van der Waals surface area contributed by atoms with Crippen molar-refractivity contribution in [1.82, 2.24) is 5.32 Å². The number of carbonyl (C=O) groups is 2. The van der Waals surface area contributed by atoms with Crippen molar-refractivity contribution in [3.05, 3.63) is 59.1 Å². The first kappa shape index (κ1) is 16.8. The van der Waals surface area contributed by atoms with E-state index in [2.05, 4.69) is 16.0 Å². The molecule has 0 aliphatic heterocycles. The van der Waals surface area contributed by atoms with Gasteiger partial charge in [0, 0.05) is 29.9 Å². The first-order valence-corrected chi connectivity index (χ1v) is 7.58. The van der Waals surface area contributed by atoms with Crippen LogP contribution in [0.2, 0.25) is 5.02 Å². The third-order valence-corrected chi connectivity index (χ3v) is 3.26. The van der Waals surface area contributed by atoms with Crippen molar-refractivity contribution < 1.29 is 9.59 Å². The summed E-state index contributed by atoms with van der Waals surface area (Å²) in [5, 5.41) is 8.85. The van der Waals surface area contributed by atoms with Gasteiger partial charge in [0.05, 0.1) is 0 Å². The van der Waals surface area contributed by atoms with Gasteiger partial charge in [0.15, 0.2) is 0 Å². The molecule has 120 valence electrons. The molecule has 0 saturated heterocycles. The summed E-state index contributed by atoms with van der Waals surface area (Å²) in [6.45, 7) is 1.93. The molecule has 0 saturated carbocycles. The minimum Gasteiger partial charge on any atom is -0.338 e. The Morgan fingerprint density at radius 3 is 2.39 bits per heavy atom. The van der Waals surface area contributed by atoms with Crippen molar-refractivity contribution in [3.8, 4) is 0 Å². The summed E-state index contributed by atoms with van der Waals surface area (Å²) in [6, 6.07) is 14.2. The largest absolute Gasteiger partial charge is 0.338 e. The fraction of sp³-hybridized carbons (Fsp3) is 0.176. The number of urea groups is 1. The molecule has 0 aliphatic carbocycles. The van der Waals surface area contributed by atoms with Crippen LogP contribution in [-0.2, 0) is 11.2 Å². The average molecular weight is 332 g/mol. The zero-order valence-electron chi connectivity index (χ0n) is 12.7. The van der Waals surface area contributed by atoms with E-state index < -0.39 is 0 Å². The number of carbonyl (C=O) groups excluding carboxylic acids is 2. The van der Waals surface area contributed by atoms with Gasteiger partial charge in [-0.3, -0.25) is 4.79 Å². The Hall–Kier alpha value is -2.53. The Morgan fingerprint density at radius 1 is 1.00 bits per heavy atom. The van der Waals surface area contributed by atoms with Crippen LogP contribution in [0.4, 0.5) is 16.2 Å². The second-order valence-corrected chi connectivity index (χ2v) is 5.46. The molecule has 0 unspecified atom stereocenters. The molecule has 0 atom stereocenters. The number of anilines is 2. The number of amides is 3. The Balaban J connectivity index is 1.81. The second kappa shape index (κ2) is 8.19. The van der Waals surface area contributed by atoms with Crippen LogP contribution < -0.4 is 16.0 Å². The zero-order valence-corrected chi connectivity index (χ0v) is 13.5. The third kappa shape index (κ3) is 6.00. The lowest BCUT2D eigenvalue weighted by atomic mass is 10.1. The minimum absolute atomic E-state index is 0.159. The summed E-state index contributed by atoms with van der Waals surface area (Å²) in [4.78, 5) is 22.9. The van der Waals surface area contributed by atoms with Crippen LogP contribution in [-0.4, -0.2) is 18.5 Å². The van der Waals surface area contributed by atoms with Gasteiger partial charge in [0.1, 0.15) is 0 Å². The SMILES string of the molecule is CC(=O)Nc1cccc(NC(=O)NCCc2cccc(Cl)c2)c1. The van der Waals surface area contributed by atoms with Gasteiger partial charge in [-0.05, 0) is 42.3 Å². The van der Waals surface area contributed by atoms with E-state index in [4.69, 9.17) is 11.6 Å². The summed E-state index contributed by atoms with van der Waals surface area (Å²) in [5.41, 5.74) is 2.30. The van der Waals surface area contributed by atoms with E-state index in [9.17, 15) is 9.59 Å². The first-order valence-electron chi connectivity index (χ1n) is 7.20. The predicted octanol–water partition coefficient (Wildman–Crippen LogP) is 3.66. The van der Waals surface area contributed by atoms with Crippen molar-refractivity contribution in [2.75, 3.05) is 17.2 Å². The molecule has 2 aromatic rings. The number of nitrogens with one attached hydrogen (secondary N) is 3. The molecule has 2 rings (SSSR count). The van der Waals surface area contributed by atoms with Gasteiger partial charge in [0.25, 0.3) is 0 Å². The lowest BCUT2D eigenvalue weighted by Crippen LogP contribution is -2.30. The highest BCUT2D eigenvalue weighted by Gasteiger charge is 2.03. The topological polar surface area (TPSA) is 70.2 Å². The summed E-state index contributed by atoms with van der Waals surface area (Å²) < 4.78 is 0. The van der Waals surface area contributed by atoms with Crippen LogP contribution in [0.25, 0.3) is 0 Å². The maximum atomic E-state index is 11.9. The Morgan fingerprint density at radius 2 is 1.70 bits per heavy atom. The molecular weight excluding hydrogens is 314 g/mol.